The van der Waals surface area contributed by atoms with Gasteiger partial charge < -0.3 is 27.9 Å². The molecule has 0 radical (unpaired) electrons. The number of rotatable bonds is 77. The lowest BCUT2D eigenvalue weighted by molar-refractivity contribution is -0.870. The second kappa shape index (κ2) is 73.5. The number of phosphoric ester groups is 1. The van der Waals surface area contributed by atoms with Crippen molar-refractivity contribution in [3.05, 3.63) is 36.5 Å². The van der Waals surface area contributed by atoms with Gasteiger partial charge in [-0.2, -0.15) is 0 Å². The van der Waals surface area contributed by atoms with Crippen molar-refractivity contribution in [2.75, 3.05) is 47.5 Å². The average molecular weight is 1320 g/mol. The number of allylic oxidation sites excluding steroid dienone is 6. The SMILES string of the molecule is CCCCCCC/C=C\C/C=C\CCCCCCCCCCCCCCCCCCCCCC(=O)OC(COC(=O)CCCCCCCCCCCCCCCCCCCCCCCCCCC/C=C\CCCCCCCCCC)COP(=O)([O-])OCC[N+](C)(C)C. The Morgan fingerprint density at radius 1 is 0.337 bits per heavy atom. The molecule has 0 spiro atoms. The summed E-state index contributed by atoms with van der Waals surface area (Å²) in [5, 5.41) is 0. The molecule has 0 aliphatic rings. The highest BCUT2D eigenvalue weighted by atomic mass is 31.2. The lowest BCUT2D eigenvalue weighted by Gasteiger charge is -2.28. The van der Waals surface area contributed by atoms with Gasteiger partial charge in [0.25, 0.3) is 7.82 Å². The molecular formula is C82H158NO8P. The van der Waals surface area contributed by atoms with Crippen LogP contribution in [0.3, 0.4) is 0 Å². The topological polar surface area (TPSA) is 111 Å². The molecule has 9 nitrogen and oxygen atoms in total. The monoisotopic (exact) mass is 1320 g/mol. The van der Waals surface area contributed by atoms with Crippen molar-refractivity contribution in [3.63, 3.8) is 0 Å². The number of unbranched alkanes of at least 4 members (excludes halogenated alkanes) is 57. The van der Waals surface area contributed by atoms with Crippen LogP contribution in [0.1, 0.15) is 425 Å². The summed E-state index contributed by atoms with van der Waals surface area (Å²) < 4.78 is 34.4. The molecular weight excluding hydrogens is 1160 g/mol. The Morgan fingerprint density at radius 2 is 0.587 bits per heavy atom. The van der Waals surface area contributed by atoms with Gasteiger partial charge in [-0.25, -0.2) is 0 Å². The van der Waals surface area contributed by atoms with E-state index in [0.29, 0.717) is 17.4 Å². The maximum atomic E-state index is 12.9. The van der Waals surface area contributed by atoms with Crippen molar-refractivity contribution in [2.45, 2.75) is 431 Å². The average Bonchev–Trinajstić information content (AvgIpc) is 2.14. The van der Waals surface area contributed by atoms with E-state index in [1.54, 1.807) is 0 Å². The van der Waals surface area contributed by atoms with Crippen LogP contribution in [0.2, 0.25) is 0 Å². The van der Waals surface area contributed by atoms with E-state index in [2.05, 4.69) is 50.3 Å². The number of hydrogen-bond donors (Lipinski definition) is 0. The van der Waals surface area contributed by atoms with E-state index >= 15 is 0 Å². The summed E-state index contributed by atoms with van der Waals surface area (Å²) in [6.07, 6.45) is 95.7. The van der Waals surface area contributed by atoms with Gasteiger partial charge in [0.1, 0.15) is 19.8 Å². The van der Waals surface area contributed by atoms with Gasteiger partial charge in [0.05, 0.1) is 27.7 Å². The Morgan fingerprint density at radius 3 is 0.870 bits per heavy atom. The third-order valence-electron chi connectivity index (χ3n) is 18.6. The highest BCUT2D eigenvalue weighted by Gasteiger charge is 2.22. The van der Waals surface area contributed by atoms with E-state index in [9.17, 15) is 19.0 Å². The number of esters is 2. The Bertz CT molecular complexity index is 1640. The van der Waals surface area contributed by atoms with E-state index in [0.717, 1.165) is 38.5 Å². The molecule has 0 aromatic heterocycles. The zero-order chi connectivity index (χ0) is 66.9. The highest BCUT2D eigenvalue weighted by Crippen LogP contribution is 2.38. The molecule has 0 N–H and O–H groups in total. The van der Waals surface area contributed by atoms with E-state index < -0.39 is 26.5 Å². The van der Waals surface area contributed by atoms with E-state index in [4.69, 9.17) is 18.5 Å². The van der Waals surface area contributed by atoms with Crippen molar-refractivity contribution < 1.29 is 42.1 Å². The normalized spacial score (nSPS) is 13.2. The molecule has 10 heteroatoms. The van der Waals surface area contributed by atoms with Crippen LogP contribution in [-0.4, -0.2) is 70.0 Å². The molecule has 0 bridgehead atoms. The predicted molar refractivity (Wildman–Crippen MR) is 398 cm³/mol. The Balaban J connectivity index is 3.89. The summed E-state index contributed by atoms with van der Waals surface area (Å²) in [6, 6.07) is 0. The third kappa shape index (κ3) is 77.2. The molecule has 0 aromatic rings. The molecule has 0 saturated heterocycles. The van der Waals surface area contributed by atoms with Crippen LogP contribution >= 0.6 is 7.82 Å². The van der Waals surface area contributed by atoms with Crippen LogP contribution < -0.4 is 4.89 Å². The van der Waals surface area contributed by atoms with Crippen LogP contribution in [0.4, 0.5) is 0 Å². The Labute approximate surface area is 573 Å². The van der Waals surface area contributed by atoms with Gasteiger partial charge in [-0.05, 0) is 70.6 Å². The standard InChI is InChI=1S/C82H158NO8P/c1-6-8-10-12-14-16-18-20-22-24-26-28-30-32-34-36-38-39-40-41-42-43-45-46-48-50-52-54-56-58-60-62-64-66-68-70-72-74-81(84)88-78-80(79-90-92(86,87)89-77-76-83(3,4)5)91-82(85)75-73-71-69-67-65-63-61-59-57-55-53-51-49-47-44-37-35-33-31-29-27-25-23-21-19-17-15-13-11-9-7-2/h19,21,24-27,80H,6-18,20,22-23,28-79H2,1-5H3/b21-19-,26-24-,27-25-. The van der Waals surface area contributed by atoms with Crippen molar-refractivity contribution in [3.8, 4) is 0 Å². The first-order chi connectivity index (χ1) is 45.0. The fraction of sp³-hybridized carbons (Fsp3) is 0.902. The van der Waals surface area contributed by atoms with E-state index in [-0.39, 0.29) is 32.0 Å². The molecule has 544 valence electrons. The molecule has 0 rings (SSSR count). The lowest BCUT2D eigenvalue weighted by atomic mass is 10.0. The first kappa shape index (κ1) is 90.2. The third-order valence-corrected chi connectivity index (χ3v) is 19.6. The molecule has 0 amide bonds. The van der Waals surface area contributed by atoms with Gasteiger partial charge in [-0.1, -0.05) is 378 Å². The molecule has 0 aliphatic heterocycles. The fourth-order valence-corrected chi connectivity index (χ4v) is 13.1. The molecule has 0 aromatic carbocycles. The second-order valence-corrected chi connectivity index (χ2v) is 30.5. The zero-order valence-corrected chi connectivity index (χ0v) is 63.2. The Kier molecular flexibility index (Phi) is 72.1. The van der Waals surface area contributed by atoms with Crippen LogP contribution in [0, 0.1) is 0 Å². The lowest BCUT2D eigenvalue weighted by Crippen LogP contribution is -2.37. The van der Waals surface area contributed by atoms with Gasteiger partial charge in [0.15, 0.2) is 6.10 Å². The molecule has 0 heterocycles. The minimum absolute atomic E-state index is 0.0273. The Hall–Kier alpha value is -1.77. The first-order valence-corrected chi connectivity index (χ1v) is 42.2. The van der Waals surface area contributed by atoms with Crippen LogP contribution in [-0.2, 0) is 32.7 Å². The molecule has 92 heavy (non-hydrogen) atoms. The van der Waals surface area contributed by atoms with Crippen LogP contribution in [0.15, 0.2) is 36.5 Å². The van der Waals surface area contributed by atoms with Gasteiger partial charge in [0.2, 0.25) is 0 Å². The predicted octanol–water partition coefficient (Wildman–Crippen LogP) is 26.3. The molecule has 2 unspecified atom stereocenters. The van der Waals surface area contributed by atoms with E-state index in [1.165, 1.54) is 353 Å². The zero-order valence-electron chi connectivity index (χ0n) is 62.3. The van der Waals surface area contributed by atoms with Crippen LogP contribution in [0.5, 0.6) is 0 Å². The fourth-order valence-electron chi connectivity index (χ4n) is 12.4. The smallest absolute Gasteiger partial charge is 0.306 e. The summed E-state index contributed by atoms with van der Waals surface area (Å²) in [5.41, 5.74) is 0. The number of quaternary nitrogens is 1. The quantitative estimate of drug-likeness (QED) is 0.0195. The van der Waals surface area contributed by atoms with Crippen LogP contribution in [0.25, 0.3) is 0 Å². The number of nitrogens with zero attached hydrogens (tertiary/aromatic N) is 1. The number of phosphoric acid groups is 1. The number of carbonyl (C=O) groups is 2. The van der Waals surface area contributed by atoms with E-state index in [1.807, 2.05) is 21.1 Å². The summed E-state index contributed by atoms with van der Waals surface area (Å²) in [7, 11) is 1.19. The maximum absolute atomic E-state index is 12.9. The molecule has 0 saturated carbocycles. The van der Waals surface area contributed by atoms with Crippen molar-refractivity contribution >= 4 is 19.8 Å². The largest absolute Gasteiger partial charge is 0.756 e. The van der Waals surface area contributed by atoms with Gasteiger partial charge in [-0.3, -0.25) is 14.2 Å². The first-order valence-electron chi connectivity index (χ1n) is 40.7. The van der Waals surface area contributed by atoms with Crippen molar-refractivity contribution in [1.29, 1.82) is 0 Å². The molecule has 2 atom stereocenters. The van der Waals surface area contributed by atoms with Gasteiger partial charge >= 0.3 is 11.9 Å². The van der Waals surface area contributed by atoms with Crippen molar-refractivity contribution in [1.82, 2.24) is 0 Å². The number of hydrogen-bond acceptors (Lipinski definition) is 8. The highest BCUT2D eigenvalue weighted by molar-refractivity contribution is 7.45. The summed E-state index contributed by atoms with van der Waals surface area (Å²) in [6.45, 7) is 4.31. The molecule has 0 aliphatic carbocycles. The number of likely N-dealkylation sites (N-methyl/N-ethyl adjacent to an activating group) is 1. The summed E-state index contributed by atoms with van der Waals surface area (Å²) >= 11 is 0. The van der Waals surface area contributed by atoms with Crippen molar-refractivity contribution in [2.24, 2.45) is 0 Å². The molecule has 0 fully saturated rings. The number of ether oxygens (including phenoxy) is 2. The summed E-state index contributed by atoms with van der Waals surface area (Å²) in [4.78, 5) is 38.2. The van der Waals surface area contributed by atoms with Gasteiger partial charge in [0, 0.05) is 12.8 Å². The second-order valence-electron chi connectivity index (χ2n) is 29.1. The summed E-state index contributed by atoms with van der Waals surface area (Å²) in [5.74, 6) is -0.807. The minimum Gasteiger partial charge on any atom is -0.756 e. The minimum atomic E-state index is -4.64. The van der Waals surface area contributed by atoms with Gasteiger partial charge in [-0.15, -0.1) is 0 Å². The maximum Gasteiger partial charge on any atom is 0.306 e. The number of carbonyl (C=O) groups excluding carboxylic acids is 2.